The lowest BCUT2D eigenvalue weighted by atomic mass is 9.98. The van der Waals surface area contributed by atoms with Gasteiger partial charge in [-0.25, -0.2) is 9.78 Å². The highest BCUT2D eigenvalue weighted by atomic mass is 16.5. The number of rotatable bonds is 6. The van der Waals surface area contributed by atoms with E-state index in [1.807, 2.05) is 0 Å². The number of carbonyl (C=O) groups excluding carboxylic acids is 3. The summed E-state index contributed by atoms with van der Waals surface area (Å²) < 4.78 is 5.08. The molecule has 8 heteroatoms. The molecule has 1 saturated carbocycles. The van der Waals surface area contributed by atoms with Crippen LogP contribution in [-0.4, -0.2) is 46.9 Å². The summed E-state index contributed by atoms with van der Waals surface area (Å²) in [5, 5.41) is 5.56. The lowest BCUT2D eigenvalue weighted by Gasteiger charge is -2.19. The molecule has 8 nitrogen and oxygen atoms in total. The van der Waals surface area contributed by atoms with Gasteiger partial charge in [-0.1, -0.05) is 12.8 Å². The Hall–Kier alpha value is -2.64. The summed E-state index contributed by atoms with van der Waals surface area (Å²) in [5.41, 5.74) is -0.197. The minimum absolute atomic E-state index is 0.149. The van der Waals surface area contributed by atoms with E-state index >= 15 is 0 Å². The van der Waals surface area contributed by atoms with Crippen molar-refractivity contribution in [3.63, 3.8) is 0 Å². The van der Waals surface area contributed by atoms with Gasteiger partial charge in [0.2, 0.25) is 11.8 Å². The summed E-state index contributed by atoms with van der Waals surface area (Å²) in [6.45, 7) is 0.240. The molecule has 1 aromatic heterocycles. The summed E-state index contributed by atoms with van der Waals surface area (Å²) in [4.78, 5) is 41.9. The third kappa shape index (κ3) is 3.42. The minimum atomic E-state index is -0.692. The van der Waals surface area contributed by atoms with E-state index in [-0.39, 0.29) is 30.8 Å². The summed E-state index contributed by atoms with van der Waals surface area (Å²) in [7, 11) is 1.48. The summed E-state index contributed by atoms with van der Waals surface area (Å²) in [6.07, 6.45) is 5.49. The van der Waals surface area contributed by atoms with Crippen molar-refractivity contribution in [3.8, 4) is 5.88 Å². The fourth-order valence-electron chi connectivity index (χ4n) is 3.46. The molecule has 1 aliphatic heterocycles. The van der Waals surface area contributed by atoms with Crippen molar-refractivity contribution in [3.05, 3.63) is 18.3 Å². The molecule has 2 heterocycles. The van der Waals surface area contributed by atoms with Gasteiger partial charge in [0.15, 0.2) is 0 Å². The van der Waals surface area contributed by atoms with Crippen molar-refractivity contribution in [2.45, 2.75) is 44.1 Å². The number of urea groups is 1. The normalized spacial score (nSPS) is 18.5. The largest absolute Gasteiger partial charge is 0.480 e. The lowest BCUT2D eigenvalue weighted by molar-refractivity contribution is -0.131. The second-order valence-electron chi connectivity index (χ2n) is 6.39. The number of hydrogen-bond donors (Lipinski definition) is 2. The number of carbonyl (C=O) groups is 3. The third-order valence-corrected chi connectivity index (χ3v) is 4.73. The highest BCUT2D eigenvalue weighted by Crippen LogP contribution is 2.35. The molecule has 0 bridgehead atoms. The SMILES string of the molecule is COc1ncccc1NC(=O)CCCN1C(=O)NC2(CCCC2)C1=O. The predicted molar refractivity (Wildman–Crippen MR) is 90.1 cm³/mol. The molecule has 1 aliphatic carbocycles. The van der Waals surface area contributed by atoms with Crippen molar-refractivity contribution in [1.82, 2.24) is 15.2 Å². The Bertz CT molecular complexity index is 685. The fourth-order valence-corrected chi connectivity index (χ4v) is 3.46. The molecule has 2 aliphatic rings. The molecule has 1 saturated heterocycles. The number of anilines is 1. The lowest BCUT2D eigenvalue weighted by Crippen LogP contribution is -2.44. The smallest absolute Gasteiger partial charge is 0.325 e. The van der Waals surface area contributed by atoms with Crippen LogP contribution in [0.15, 0.2) is 18.3 Å². The summed E-state index contributed by atoms with van der Waals surface area (Å²) in [6, 6.07) is 3.05. The van der Waals surface area contributed by atoms with Gasteiger partial charge in [-0.2, -0.15) is 0 Å². The van der Waals surface area contributed by atoms with E-state index in [9.17, 15) is 14.4 Å². The van der Waals surface area contributed by atoms with Crippen LogP contribution in [0.1, 0.15) is 38.5 Å². The monoisotopic (exact) mass is 346 g/mol. The highest BCUT2D eigenvalue weighted by Gasteiger charge is 2.51. The van der Waals surface area contributed by atoms with Gasteiger partial charge in [0.05, 0.1) is 7.11 Å². The van der Waals surface area contributed by atoms with E-state index in [4.69, 9.17) is 4.74 Å². The van der Waals surface area contributed by atoms with Gasteiger partial charge < -0.3 is 15.4 Å². The Balaban J connectivity index is 1.50. The van der Waals surface area contributed by atoms with Crippen molar-refractivity contribution in [2.24, 2.45) is 0 Å². The van der Waals surface area contributed by atoms with Gasteiger partial charge in [0.1, 0.15) is 11.2 Å². The average molecular weight is 346 g/mol. The maximum Gasteiger partial charge on any atom is 0.325 e. The minimum Gasteiger partial charge on any atom is -0.480 e. The Morgan fingerprint density at radius 3 is 2.88 bits per heavy atom. The Morgan fingerprint density at radius 2 is 2.16 bits per heavy atom. The van der Waals surface area contributed by atoms with Crippen LogP contribution >= 0.6 is 0 Å². The molecule has 1 aromatic rings. The van der Waals surface area contributed by atoms with Crippen LogP contribution < -0.4 is 15.4 Å². The van der Waals surface area contributed by atoms with E-state index in [0.29, 0.717) is 30.8 Å². The van der Waals surface area contributed by atoms with Crippen LogP contribution in [0.25, 0.3) is 0 Å². The molecular weight excluding hydrogens is 324 g/mol. The van der Waals surface area contributed by atoms with Gasteiger partial charge in [-0.05, 0) is 31.4 Å². The molecule has 2 fully saturated rings. The van der Waals surface area contributed by atoms with Crippen molar-refractivity contribution in [1.29, 1.82) is 0 Å². The Morgan fingerprint density at radius 1 is 1.40 bits per heavy atom. The molecule has 0 aromatic carbocycles. The molecule has 4 amide bonds. The molecule has 3 rings (SSSR count). The Labute approximate surface area is 145 Å². The fraction of sp³-hybridized carbons (Fsp3) is 0.529. The number of ether oxygens (including phenoxy) is 1. The molecule has 134 valence electrons. The van der Waals surface area contributed by atoms with Crippen molar-refractivity contribution < 1.29 is 19.1 Å². The molecule has 0 atom stereocenters. The van der Waals surface area contributed by atoms with Crippen molar-refractivity contribution >= 4 is 23.5 Å². The number of methoxy groups -OCH3 is 1. The second kappa shape index (κ2) is 7.08. The topological polar surface area (TPSA) is 101 Å². The number of amides is 4. The molecule has 1 spiro atoms. The van der Waals surface area contributed by atoms with Gasteiger partial charge in [0.25, 0.3) is 5.91 Å². The number of nitrogens with one attached hydrogen (secondary N) is 2. The van der Waals surface area contributed by atoms with Gasteiger partial charge in [0, 0.05) is 19.2 Å². The number of pyridine rings is 1. The third-order valence-electron chi connectivity index (χ3n) is 4.73. The Kier molecular flexibility index (Phi) is 4.87. The predicted octanol–water partition coefficient (Wildman–Crippen LogP) is 1.67. The maximum atomic E-state index is 12.5. The van der Waals surface area contributed by atoms with Crippen LogP contribution in [0.2, 0.25) is 0 Å². The van der Waals surface area contributed by atoms with Crippen LogP contribution in [0.5, 0.6) is 5.88 Å². The second-order valence-corrected chi connectivity index (χ2v) is 6.39. The van der Waals surface area contributed by atoms with E-state index in [1.54, 1.807) is 18.3 Å². The van der Waals surface area contributed by atoms with E-state index in [2.05, 4.69) is 15.6 Å². The summed E-state index contributed by atoms with van der Waals surface area (Å²) in [5.74, 6) is -0.0219. The first-order valence-electron chi connectivity index (χ1n) is 8.49. The first kappa shape index (κ1) is 17.2. The average Bonchev–Trinajstić information content (AvgIpc) is 3.16. The van der Waals surface area contributed by atoms with Gasteiger partial charge in [-0.15, -0.1) is 0 Å². The zero-order valence-corrected chi connectivity index (χ0v) is 14.2. The van der Waals surface area contributed by atoms with Crippen molar-refractivity contribution in [2.75, 3.05) is 19.0 Å². The molecular formula is C17H22N4O4. The zero-order chi connectivity index (χ0) is 17.9. The van der Waals surface area contributed by atoms with Gasteiger partial charge >= 0.3 is 6.03 Å². The molecule has 2 N–H and O–H groups in total. The number of aromatic nitrogens is 1. The molecule has 0 radical (unpaired) electrons. The van der Waals surface area contributed by atoms with Crippen LogP contribution in [0.4, 0.5) is 10.5 Å². The van der Waals surface area contributed by atoms with Crippen LogP contribution in [0.3, 0.4) is 0 Å². The molecule has 0 unspecified atom stereocenters. The van der Waals surface area contributed by atoms with E-state index in [1.165, 1.54) is 12.0 Å². The standard InChI is InChI=1S/C17H22N4O4/c1-25-14-12(6-4-10-18-14)19-13(22)7-5-11-21-15(23)17(20-16(21)24)8-2-3-9-17/h4,6,10H,2-3,5,7-9,11H2,1H3,(H,19,22)(H,20,24). The first-order valence-corrected chi connectivity index (χ1v) is 8.49. The first-order chi connectivity index (χ1) is 12.1. The van der Waals surface area contributed by atoms with Crippen LogP contribution in [0, 0.1) is 0 Å². The van der Waals surface area contributed by atoms with E-state index in [0.717, 1.165) is 12.8 Å². The zero-order valence-electron chi connectivity index (χ0n) is 14.2. The maximum absolute atomic E-state index is 12.5. The van der Waals surface area contributed by atoms with Crippen LogP contribution in [-0.2, 0) is 9.59 Å². The van der Waals surface area contributed by atoms with Gasteiger partial charge in [-0.3, -0.25) is 14.5 Å². The molecule has 25 heavy (non-hydrogen) atoms. The number of hydrogen-bond acceptors (Lipinski definition) is 5. The number of nitrogens with zero attached hydrogens (tertiary/aromatic N) is 2. The number of imide groups is 1. The van der Waals surface area contributed by atoms with E-state index < -0.39 is 5.54 Å². The summed E-state index contributed by atoms with van der Waals surface area (Å²) >= 11 is 0. The highest BCUT2D eigenvalue weighted by molar-refractivity contribution is 6.07. The quantitative estimate of drug-likeness (QED) is 0.763.